The standard InChI is InChI=1S/C6H11N3O4/c1-2-13-6(12)9-5(11)8-3-4(7)10/h2-3H2,1H3,(H2,7,10)(H2,8,9,11,12). The highest BCUT2D eigenvalue weighted by atomic mass is 16.5. The third-order valence-electron chi connectivity index (χ3n) is 0.914. The maximum atomic E-state index is 10.7. The molecule has 4 amide bonds. The van der Waals surface area contributed by atoms with Crippen molar-refractivity contribution in [1.29, 1.82) is 0 Å². The van der Waals surface area contributed by atoms with Gasteiger partial charge in [0.25, 0.3) is 0 Å². The van der Waals surface area contributed by atoms with Gasteiger partial charge in [0.15, 0.2) is 0 Å². The van der Waals surface area contributed by atoms with Gasteiger partial charge in [-0.15, -0.1) is 0 Å². The van der Waals surface area contributed by atoms with Crippen LogP contribution in [-0.2, 0) is 9.53 Å². The number of alkyl carbamates (subject to hydrolysis) is 1. The zero-order valence-electron chi connectivity index (χ0n) is 7.12. The number of imide groups is 1. The Balaban J connectivity index is 3.62. The number of carbonyl (C=O) groups excluding carboxylic acids is 3. The van der Waals surface area contributed by atoms with Crippen LogP contribution in [0, 0.1) is 0 Å². The predicted molar refractivity (Wildman–Crippen MR) is 42.8 cm³/mol. The van der Waals surface area contributed by atoms with E-state index in [-0.39, 0.29) is 13.2 Å². The molecule has 4 N–H and O–H groups in total. The van der Waals surface area contributed by atoms with E-state index in [0.717, 1.165) is 0 Å². The average molecular weight is 189 g/mol. The van der Waals surface area contributed by atoms with E-state index in [1.165, 1.54) is 0 Å². The Morgan fingerprint density at radius 1 is 1.38 bits per heavy atom. The van der Waals surface area contributed by atoms with Crippen LogP contribution in [0.2, 0.25) is 0 Å². The van der Waals surface area contributed by atoms with Gasteiger partial charge in [-0.05, 0) is 6.92 Å². The molecule has 0 heterocycles. The zero-order valence-corrected chi connectivity index (χ0v) is 7.12. The van der Waals surface area contributed by atoms with Gasteiger partial charge in [-0.1, -0.05) is 0 Å². The second kappa shape index (κ2) is 5.81. The highest BCUT2D eigenvalue weighted by molar-refractivity contribution is 5.92. The van der Waals surface area contributed by atoms with Gasteiger partial charge in [0.05, 0.1) is 13.2 Å². The molecule has 0 unspecified atom stereocenters. The fourth-order valence-corrected chi connectivity index (χ4v) is 0.471. The average Bonchev–Trinajstić information content (AvgIpc) is 2.01. The van der Waals surface area contributed by atoms with Crippen molar-refractivity contribution in [3.05, 3.63) is 0 Å². The summed E-state index contributed by atoms with van der Waals surface area (Å²) in [6, 6.07) is -0.822. The minimum absolute atomic E-state index is 0.162. The molecule has 0 aromatic heterocycles. The maximum absolute atomic E-state index is 10.7. The summed E-state index contributed by atoms with van der Waals surface area (Å²) in [4.78, 5) is 31.5. The molecule has 0 saturated heterocycles. The molecule has 0 fully saturated rings. The van der Waals surface area contributed by atoms with Crippen molar-refractivity contribution in [2.75, 3.05) is 13.2 Å². The molecule has 0 radical (unpaired) electrons. The van der Waals surface area contributed by atoms with Crippen LogP contribution in [0.3, 0.4) is 0 Å². The minimum atomic E-state index is -0.871. The number of ether oxygens (including phenoxy) is 1. The monoisotopic (exact) mass is 189 g/mol. The fraction of sp³-hybridized carbons (Fsp3) is 0.500. The van der Waals surface area contributed by atoms with Gasteiger partial charge in [0.2, 0.25) is 5.91 Å². The third kappa shape index (κ3) is 6.60. The molecule has 7 nitrogen and oxygen atoms in total. The topological polar surface area (TPSA) is 111 Å². The molecule has 7 heteroatoms. The highest BCUT2D eigenvalue weighted by Gasteiger charge is 2.07. The lowest BCUT2D eigenvalue weighted by Crippen LogP contribution is -2.43. The SMILES string of the molecule is CCOC(=O)NC(=O)NCC(N)=O. The normalized spacial score (nSPS) is 8.69. The van der Waals surface area contributed by atoms with E-state index in [2.05, 4.69) is 4.74 Å². The molecule has 0 aromatic carbocycles. The fourth-order valence-electron chi connectivity index (χ4n) is 0.471. The molecule has 0 aromatic rings. The van der Waals surface area contributed by atoms with Crippen LogP contribution in [0.1, 0.15) is 6.92 Å². The van der Waals surface area contributed by atoms with Crippen molar-refractivity contribution in [2.24, 2.45) is 5.73 Å². The van der Waals surface area contributed by atoms with Crippen LogP contribution in [0.25, 0.3) is 0 Å². The molecule has 0 rings (SSSR count). The van der Waals surface area contributed by atoms with Crippen LogP contribution in [0.15, 0.2) is 0 Å². The molecule has 74 valence electrons. The van der Waals surface area contributed by atoms with Crippen molar-refractivity contribution in [2.45, 2.75) is 6.92 Å². The van der Waals surface area contributed by atoms with E-state index < -0.39 is 18.0 Å². The smallest absolute Gasteiger partial charge is 0.415 e. The number of nitrogens with two attached hydrogens (primary N) is 1. The van der Waals surface area contributed by atoms with E-state index in [1.807, 2.05) is 10.6 Å². The number of carbonyl (C=O) groups is 3. The molecule has 13 heavy (non-hydrogen) atoms. The Bertz CT molecular complexity index is 216. The Morgan fingerprint density at radius 2 is 2.00 bits per heavy atom. The third-order valence-corrected chi connectivity index (χ3v) is 0.914. The summed E-state index contributed by atoms with van der Waals surface area (Å²) < 4.78 is 4.39. The van der Waals surface area contributed by atoms with Crippen LogP contribution < -0.4 is 16.4 Å². The number of hydrogen-bond acceptors (Lipinski definition) is 4. The summed E-state index contributed by atoms with van der Waals surface area (Å²) in [5.74, 6) is -0.695. The lowest BCUT2D eigenvalue weighted by atomic mass is 10.6. The van der Waals surface area contributed by atoms with Crippen LogP contribution in [0.4, 0.5) is 9.59 Å². The Morgan fingerprint density at radius 3 is 2.46 bits per heavy atom. The molecule has 0 atom stereocenters. The van der Waals surface area contributed by atoms with E-state index >= 15 is 0 Å². The Hall–Kier alpha value is -1.79. The summed E-state index contributed by atoms with van der Waals surface area (Å²) in [6.07, 6.45) is -0.871. The van der Waals surface area contributed by atoms with E-state index in [1.54, 1.807) is 6.92 Å². The lowest BCUT2D eigenvalue weighted by Gasteiger charge is -2.04. The summed E-state index contributed by atoms with van der Waals surface area (Å²) in [7, 11) is 0. The van der Waals surface area contributed by atoms with Crippen molar-refractivity contribution in [3.63, 3.8) is 0 Å². The van der Waals surface area contributed by atoms with E-state index in [0.29, 0.717) is 0 Å². The number of amides is 4. The molecule has 0 aliphatic heterocycles. The van der Waals surface area contributed by atoms with Crippen LogP contribution >= 0.6 is 0 Å². The first-order valence-corrected chi connectivity index (χ1v) is 3.56. The molecule has 0 bridgehead atoms. The molecule has 0 spiro atoms. The minimum Gasteiger partial charge on any atom is -0.450 e. The lowest BCUT2D eigenvalue weighted by molar-refractivity contribution is -0.117. The molecule has 0 aliphatic carbocycles. The number of rotatable bonds is 3. The summed E-state index contributed by atoms with van der Waals surface area (Å²) in [6.45, 7) is 1.43. The number of nitrogens with one attached hydrogen (secondary N) is 2. The number of hydrogen-bond donors (Lipinski definition) is 3. The van der Waals surface area contributed by atoms with Gasteiger partial charge in [0.1, 0.15) is 0 Å². The predicted octanol–water partition coefficient (Wildman–Crippen LogP) is -1.07. The highest BCUT2D eigenvalue weighted by Crippen LogP contribution is 1.75. The largest absolute Gasteiger partial charge is 0.450 e. The first-order chi connectivity index (χ1) is 6.06. The quantitative estimate of drug-likeness (QED) is 0.524. The maximum Gasteiger partial charge on any atom is 0.415 e. The van der Waals surface area contributed by atoms with Gasteiger partial charge in [0, 0.05) is 0 Å². The van der Waals surface area contributed by atoms with Crippen molar-refractivity contribution in [1.82, 2.24) is 10.6 Å². The molecular weight excluding hydrogens is 178 g/mol. The van der Waals surface area contributed by atoms with Gasteiger partial charge >= 0.3 is 12.1 Å². The molecular formula is C6H11N3O4. The second-order valence-corrected chi connectivity index (χ2v) is 1.99. The van der Waals surface area contributed by atoms with E-state index in [9.17, 15) is 14.4 Å². The first-order valence-electron chi connectivity index (χ1n) is 3.56. The molecule has 0 saturated carbocycles. The Labute approximate surface area is 74.6 Å². The number of urea groups is 1. The van der Waals surface area contributed by atoms with E-state index in [4.69, 9.17) is 5.73 Å². The van der Waals surface area contributed by atoms with Crippen molar-refractivity contribution in [3.8, 4) is 0 Å². The van der Waals surface area contributed by atoms with Crippen molar-refractivity contribution < 1.29 is 19.1 Å². The summed E-state index contributed by atoms with van der Waals surface area (Å²) in [5, 5.41) is 3.86. The van der Waals surface area contributed by atoms with Crippen molar-refractivity contribution >= 4 is 18.0 Å². The zero-order chi connectivity index (χ0) is 10.3. The van der Waals surface area contributed by atoms with Gasteiger partial charge < -0.3 is 15.8 Å². The van der Waals surface area contributed by atoms with Gasteiger partial charge in [-0.2, -0.15) is 0 Å². The summed E-state index contributed by atoms with van der Waals surface area (Å²) in [5.41, 5.74) is 4.73. The molecule has 0 aliphatic rings. The number of primary amides is 1. The van der Waals surface area contributed by atoms with Gasteiger partial charge in [-0.3, -0.25) is 4.79 Å². The Kier molecular flexibility index (Phi) is 5.01. The first kappa shape index (κ1) is 11.2. The second-order valence-electron chi connectivity index (χ2n) is 1.99. The van der Waals surface area contributed by atoms with Crippen LogP contribution in [0.5, 0.6) is 0 Å². The van der Waals surface area contributed by atoms with Crippen LogP contribution in [-0.4, -0.2) is 31.2 Å². The van der Waals surface area contributed by atoms with Gasteiger partial charge in [-0.25, -0.2) is 14.9 Å². The summed E-state index contributed by atoms with van der Waals surface area (Å²) >= 11 is 0.